The molecule has 2 heterocycles. The predicted octanol–water partition coefficient (Wildman–Crippen LogP) is 14.1. The lowest BCUT2D eigenvalue weighted by atomic mass is 9.76. The van der Waals surface area contributed by atoms with Crippen molar-refractivity contribution < 1.29 is 29.3 Å². The summed E-state index contributed by atoms with van der Waals surface area (Å²) in [6.07, 6.45) is 29.4. The summed E-state index contributed by atoms with van der Waals surface area (Å²) in [4.78, 5) is 27.1. The number of nitrogens with one attached hydrogen (secondary N) is 1. The van der Waals surface area contributed by atoms with Crippen LogP contribution < -0.4 is 10.1 Å². The number of phenolic OH excluding ortho intramolecular Hbond substituents is 2. The van der Waals surface area contributed by atoms with Gasteiger partial charge in [0.05, 0.1) is 5.56 Å². The number of aryl methyl sites for hydroxylation is 2. The number of amides is 1. The molecule has 57 heavy (non-hydrogen) atoms. The third kappa shape index (κ3) is 11.8. The zero-order valence-corrected chi connectivity index (χ0v) is 35.5. The maximum absolute atomic E-state index is 13.8. The van der Waals surface area contributed by atoms with Crippen LogP contribution in [0, 0.1) is 0 Å². The van der Waals surface area contributed by atoms with Gasteiger partial charge in [-0.25, -0.2) is 4.79 Å². The molecule has 0 aliphatic carbocycles. The monoisotopic (exact) mass is 782 g/mol. The first-order valence-corrected chi connectivity index (χ1v) is 22.9. The van der Waals surface area contributed by atoms with E-state index in [1.165, 1.54) is 77.0 Å². The second-order valence-corrected chi connectivity index (χ2v) is 16.8. The minimum atomic E-state index is -1.39. The van der Waals surface area contributed by atoms with E-state index in [4.69, 9.17) is 9.47 Å². The van der Waals surface area contributed by atoms with Crippen LogP contribution in [0.15, 0.2) is 42.5 Å². The number of unbranched alkanes of at least 4 members (excludes halogenated alkanes) is 20. The molecular weight excluding hydrogens is 711 g/mol. The van der Waals surface area contributed by atoms with Crippen molar-refractivity contribution >= 4 is 17.6 Å². The SMILES string of the molecule is CCCCCCCCCCCCCCCCCC(=O)Nc1ccc2c(c1)C1(OC2=O)c2cc(CCCCCC)c(O)cc2Oc2cc(O)c(CCCCCC)cc21. The topological polar surface area (TPSA) is 105 Å². The van der Waals surface area contributed by atoms with Crippen LogP contribution in [0.4, 0.5) is 5.69 Å². The highest BCUT2D eigenvalue weighted by molar-refractivity contribution is 5.99. The molecule has 3 aromatic rings. The number of esters is 1. The van der Waals surface area contributed by atoms with E-state index >= 15 is 0 Å². The molecule has 0 saturated carbocycles. The Kier molecular flexibility index (Phi) is 17.7. The summed E-state index contributed by atoms with van der Waals surface area (Å²) < 4.78 is 12.9. The number of carbonyl (C=O) groups excluding carboxylic acids is 2. The normalized spacial score (nSPS) is 13.6. The summed E-state index contributed by atoms with van der Waals surface area (Å²) in [6, 6.07) is 12.5. The van der Waals surface area contributed by atoms with Crippen LogP contribution in [0.2, 0.25) is 0 Å². The Hall–Kier alpha value is -4.00. The minimum absolute atomic E-state index is 0.0460. The van der Waals surface area contributed by atoms with Crippen LogP contribution in [0.3, 0.4) is 0 Å². The van der Waals surface area contributed by atoms with E-state index in [0.29, 0.717) is 58.7 Å². The number of hydrogen-bond donors (Lipinski definition) is 3. The fourth-order valence-corrected chi connectivity index (χ4v) is 8.72. The molecule has 5 rings (SSSR count). The van der Waals surface area contributed by atoms with E-state index in [2.05, 4.69) is 26.1 Å². The first kappa shape index (κ1) is 44.1. The first-order valence-electron chi connectivity index (χ1n) is 22.9. The number of benzene rings is 3. The molecule has 0 bridgehead atoms. The molecule has 7 heteroatoms. The molecule has 0 aromatic heterocycles. The number of anilines is 1. The van der Waals surface area contributed by atoms with Crippen molar-refractivity contribution in [1.82, 2.24) is 0 Å². The van der Waals surface area contributed by atoms with E-state index in [9.17, 15) is 19.8 Å². The van der Waals surface area contributed by atoms with Crippen LogP contribution in [0.25, 0.3) is 0 Å². The van der Waals surface area contributed by atoms with Crippen LogP contribution in [-0.2, 0) is 28.0 Å². The average molecular weight is 782 g/mol. The highest BCUT2D eigenvalue weighted by Gasteiger charge is 2.54. The van der Waals surface area contributed by atoms with Gasteiger partial charge in [0.2, 0.25) is 5.91 Å². The molecule has 1 amide bonds. The number of phenols is 2. The van der Waals surface area contributed by atoms with Gasteiger partial charge in [-0.3, -0.25) is 4.79 Å². The summed E-state index contributed by atoms with van der Waals surface area (Å²) in [6.45, 7) is 6.62. The van der Waals surface area contributed by atoms with Gasteiger partial charge in [-0.15, -0.1) is 0 Å². The van der Waals surface area contributed by atoms with Crippen molar-refractivity contribution in [3.05, 3.63) is 75.8 Å². The summed E-state index contributed by atoms with van der Waals surface area (Å²) >= 11 is 0. The molecule has 0 atom stereocenters. The van der Waals surface area contributed by atoms with Gasteiger partial charge >= 0.3 is 5.97 Å². The van der Waals surface area contributed by atoms with Gasteiger partial charge in [0, 0.05) is 40.9 Å². The third-order valence-electron chi connectivity index (χ3n) is 12.1. The second kappa shape index (κ2) is 22.8. The fraction of sp³-hybridized carbons (Fsp3) is 0.600. The average Bonchev–Trinajstić information content (AvgIpc) is 3.48. The summed E-state index contributed by atoms with van der Waals surface area (Å²) in [5.74, 6) is 0.492. The number of fused-ring (bicyclic) bond motifs is 6. The molecule has 0 fully saturated rings. The maximum Gasteiger partial charge on any atom is 0.340 e. The van der Waals surface area contributed by atoms with Crippen LogP contribution in [0.1, 0.15) is 213 Å². The van der Waals surface area contributed by atoms with Crippen molar-refractivity contribution in [1.29, 1.82) is 0 Å². The Labute approximate surface area is 343 Å². The highest BCUT2D eigenvalue weighted by atomic mass is 16.6. The van der Waals surface area contributed by atoms with Gasteiger partial charge in [0.1, 0.15) is 23.0 Å². The summed E-state index contributed by atoms with van der Waals surface area (Å²) in [5, 5.41) is 25.4. The molecule has 3 aromatic carbocycles. The van der Waals surface area contributed by atoms with Gasteiger partial charge in [0.25, 0.3) is 0 Å². The van der Waals surface area contributed by atoms with E-state index in [1.807, 2.05) is 18.2 Å². The molecule has 7 nitrogen and oxygen atoms in total. The van der Waals surface area contributed by atoms with Gasteiger partial charge in [-0.1, -0.05) is 149 Å². The van der Waals surface area contributed by atoms with Crippen molar-refractivity contribution in [2.45, 2.75) is 193 Å². The molecular formula is C50H71NO6. The molecule has 0 saturated heterocycles. The van der Waals surface area contributed by atoms with Gasteiger partial charge in [-0.05, 0) is 73.6 Å². The lowest BCUT2D eigenvalue weighted by Crippen LogP contribution is -2.33. The smallest absolute Gasteiger partial charge is 0.340 e. The van der Waals surface area contributed by atoms with Crippen molar-refractivity contribution in [2.75, 3.05) is 5.32 Å². The Morgan fingerprint density at radius 3 is 1.47 bits per heavy atom. The van der Waals surface area contributed by atoms with Crippen LogP contribution >= 0.6 is 0 Å². The Morgan fingerprint density at radius 1 is 0.561 bits per heavy atom. The largest absolute Gasteiger partial charge is 0.508 e. The third-order valence-corrected chi connectivity index (χ3v) is 12.1. The molecule has 312 valence electrons. The fourth-order valence-electron chi connectivity index (χ4n) is 8.72. The number of aromatic hydroxyl groups is 2. The van der Waals surface area contributed by atoms with Crippen molar-refractivity contribution in [2.24, 2.45) is 0 Å². The number of hydrogen-bond acceptors (Lipinski definition) is 6. The van der Waals surface area contributed by atoms with Gasteiger partial charge < -0.3 is 25.0 Å². The summed E-state index contributed by atoms with van der Waals surface area (Å²) in [7, 11) is 0. The molecule has 2 aliphatic heterocycles. The Bertz CT molecular complexity index is 1680. The van der Waals surface area contributed by atoms with Gasteiger partial charge in [0.15, 0.2) is 5.60 Å². The molecule has 3 N–H and O–H groups in total. The Balaban J connectivity index is 1.27. The molecule has 2 aliphatic rings. The molecule has 1 spiro atoms. The first-order chi connectivity index (χ1) is 27.8. The Morgan fingerprint density at radius 2 is 1.00 bits per heavy atom. The maximum atomic E-state index is 13.8. The van der Waals surface area contributed by atoms with Crippen LogP contribution in [-0.4, -0.2) is 22.1 Å². The zero-order valence-electron chi connectivity index (χ0n) is 35.5. The number of ether oxygens (including phenoxy) is 2. The standard InChI is InChI=1S/C50H71NO6/c1-4-7-10-13-14-15-16-17-18-19-20-21-22-23-26-29-48(54)51-39-30-31-40-41(34-39)50(57-49(40)55)42-32-37(27-24-11-8-5-2)44(52)35-46(42)56-47-36-45(53)38(33-43(47)50)28-25-12-9-6-3/h30-36,52-53H,4-29H2,1-3H3,(H,51,54). The summed E-state index contributed by atoms with van der Waals surface area (Å²) in [5.41, 5.74) is 3.06. The molecule has 0 radical (unpaired) electrons. The van der Waals surface area contributed by atoms with Crippen LogP contribution in [0.5, 0.6) is 23.0 Å². The minimum Gasteiger partial charge on any atom is -0.508 e. The quantitative estimate of drug-likeness (QED) is 0.0525. The zero-order chi connectivity index (χ0) is 40.5. The lowest BCUT2D eigenvalue weighted by molar-refractivity contribution is -0.116. The van der Waals surface area contributed by atoms with E-state index in [1.54, 1.807) is 24.3 Å². The highest BCUT2D eigenvalue weighted by Crippen LogP contribution is 2.58. The number of carbonyl (C=O) groups is 2. The predicted molar refractivity (Wildman–Crippen MR) is 232 cm³/mol. The van der Waals surface area contributed by atoms with E-state index in [0.717, 1.165) is 81.8 Å². The van der Waals surface area contributed by atoms with Gasteiger partial charge in [-0.2, -0.15) is 0 Å². The van der Waals surface area contributed by atoms with E-state index < -0.39 is 11.6 Å². The van der Waals surface area contributed by atoms with E-state index in [-0.39, 0.29) is 17.4 Å². The van der Waals surface area contributed by atoms with Crippen molar-refractivity contribution in [3.8, 4) is 23.0 Å². The lowest BCUT2D eigenvalue weighted by Gasteiger charge is -2.37. The molecule has 0 unspecified atom stereocenters. The number of rotatable bonds is 27. The van der Waals surface area contributed by atoms with Crippen molar-refractivity contribution in [3.63, 3.8) is 0 Å². The second-order valence-electron chi connectivity index (χ2n) is 16.8.